The van der Waals surface area contributed by atoms with E-state index in [9.17, 15) is 9.67 Å². The van der Waals surface area contributed by atoms with E-state index in [1.807, 2.05) is 60.7 Å². The molecule has 30 heavy (non-hydrogen) atoms. The molecule has 1 heterocycles. The van der Waals surface area contributed by atoms with Crippen molar-refractivity contribution in [2.45, 2.75) is 63.1 Å². The van der Waals surface area contributed by atoms with Gasteiger partial charge in [-0.15, -0.1) is 0 Å². The highest BCUT2D eigenvalue weighted by Crippen LogP contribution is 2.56. The van der Waals surface area contributed by atoms with Crippen molar-refractivity contribution in [3.63, 3.8) is 0 Å². The van der Waals surface area contributed by atoms with Crippen LogP contribution < -0.4 is 0 Å². The van der Waals surface area contributed by atoms with Gasteiger partial charge in [0, 0.05) is 12.8 Å². The van der Waals surface area contributed by atoms with Gasteiger partial charge in [-0.25, -0.2) is 0 Å². The average molecular weight is 432 g/mol. The highest BCUT2D eigenvalue weighted by Gasteiger charge is 2.50. The molecule has 2 atom stereocenters. The van der Waals surface area contributed by atoms with Crippen molar-refractivity contribution in [1.82, 2.24) is 0 Å². The van der Waals surface area contributed by atoms with Crippen molar-refractivity contribution in [3.05, 3.63) is 71.8 Å². The summed E-state index contributed by atoms with van der Waals surface area (Å²) in [6.45, 7) is 0.319. The van der Waals surface area contributed by atoms with Crippen LogP contribution in [0.1, 0.15) is 43.2 Å². The van der Waals surface area contributed by atoms with Crippen LogP contribution in [0.2, 0.25) is 0 Å². The molecule has 0 radical (unpaired) electrons. The first-order valence-electron chi connectivity index (χ1n) is 10.6. The quantitative estimate of drug-likeness (QED) is 0.592. The Morgan fingerprint density at radius 3 is 2.00 bits per heavy atom. The van der Waals surface area contributed by atoms with Crippen molar-refractivity contribution in [3.8, 4) is 0 Å². The Morgan fingerprint density at radius 2 is 1.47 bits per heavy atom. The van der Waals surface area contributed by atoms with E-state index >= 15 is 0 Å². The Balaban J connectivity index is 1.47. The second-order valence-corrected chi connectivity index (χ2v) is 10.0. The van der Waals surface area contributed by atoms with Gasteiger partial charge in [-0.05, 0) is 24.0 Å². The van der Waals surface area contributed by atoms with Crippen molar-refractivity contribution >= 4 is 7.60 Å². The SMILES string of the molecule is O=P(OCc1ccccc1)(OCc1ccccc1)[C@H](O)[C@H]1COC2(CCCCC2)O1. The molecule has 2 fully saturated rings. The van der Waals surface area contributed by atoms with Crippen LogP contribution >= 0.6 is 7.60 Å². The molecule has 4 rings (SSSR count). The lowest BCUT2D eigenvalue weighted by Crippen LogP contribution is -2.36. The number of rotatable bonds is 8. The monoisotopic (exact) mass is 432 g/mol. The van der Waals surface area contributed by atoms with E-state index in [0.29, 0.717) is 0 Å². The van der Waals surface area contributed by atoms with Gasteiger partial charge in [-0.1, -0.05) is 67.1 Å². The molecule has 2 aromatic rings. The minimum absolute atomic E-state index is 0.0721. The molecular formula is C23H29O6P. The van der Waals surface area contributed by atoms with E-state index in [1.54, 1.807) is 0 Å². The molecule has 1 saturated heterocycles. The van der Waals surface area contributed by atoms with E-state index in [1.165, 1.54) is 0 Å². The zero-order valence-electron chi connectivity index (χ0n) is 17.0. The van der Waals surface area contributed by atoms with E-state index in [-0.39, 0.29) is 19.8 Å². The molecule has 1 aliphatic heterocycles. The zero-order valence-corrected chi connectivity index (χ0v) is 17.9. The molecule has 1 saturated carbocycles. The number of benzene rings is 2. The van der Waals surface area contributed by atoms with Crippen LogP contribution in [0.4, 0.5) is 0 Å². The lowest BCUT2D eigenvalue weighted by atomic mass is 9.94. The molecule has 0 unspecified atom stereocenters. The van der Waals surface area contributed by atoms with Crippen LogP contribution in [0.25, 0.3) is 0 Å². The summed E-state index contributed by atoms with van der Waals surface area (Å²) in [5, 5.41) is 11.0. The molecular weight excluding hydrogens is 403 g/mol. The highest BCUT2D eigenvalue weighted by atomic mass is 31.2. The summed E-state index contributed by atoms with van der Waals surface area (Å²) in [5.74, 6) is -2.10. The number of aliphatic hydroxyl groups is 1. The first kappa shape index (κ1) is 21.7. The van der Waals surface area contributed by atoms with Crippen LogP contribution in [0.3, 0.4) is 0 Å². The molecule has 0 aromatic heterocycles. The van der Waals surface area contributed by atoms with Gasteiger partial charge in [-0.2, -0.15) is 0 Å². The number of hydrogen-bond donors (Lipinski definition) is 1. The van der Waals surface area contributed by atoms with E-state index in [2.05, 4.69) is 0 Å². The summed E-state index contributed by atoms with van der Waals surface area (Å²) in [4.78, 5) is 0. The van der Waals surface area contributed by atoms with Gasteiger partial charge in [-0.3, -0.25) is 4.57 Å². The van der Waals surface area contributed by atoms with Crippen LogP contribution in [-0.4, -0.2) is 29.4 Å². The van der Waals surface area contributed by atoms with Gasteiger partial charge in [0.25, 0.3) is 0 Å². The second-order valence-electron chi connectivity index (χ2n) is 7.91. The molecule has 1 N–H and O–H groups in total. The smallest absolute Gasteiger partial charge is 0.362 e. The number of hydrogen-bond acceptors (Lipinski definition) is 6. The maximum Gasteiger partial charge on any atom is 0.362 e. The molecule has 2 aromatic carbocycles. The third-order valence-electron chi connectivity index (χ3n) is 5.66. The fraction of sp³-hybridized carbons (Fsp3) is 0.478. The van der Waals surface area contributed by atoms with Gasteiger partial charge >= 0.3 is 7.60 Å². The van der Waals surface area contributed by atoms with E-state index < -0.39 is 25.3 Å². The minimum atomic E-state index is -3.91. The second kappa shape index (κ2) is 9.73. The van der Waals surface area contributed by atoms with Crippen LogP contribution in [0.15, 0.2) is 60.7 Å². The van der Waals surface area contributed by atoms with Gasteiger partial charge in [0.05, 0.1) is 19.8 Å². The van der Waals surface area contributed by atoms with Gasteiger partial charge in [0.1, 0.15) is 6.10 Å². The Labute approximate surface area is 177 Å². The molecule has 6 nitrogen and oxygen atoms in total. The summed E-state index contributed by atoms with van der Waals surface area (Å²) in [6.07, 6.45) is 4.03. The topological polar surface area (TPSA) is 74.2 Å². The largest absolute Gasteiger partial charge is 0.378 e. The lowest BCUT2D eigenvalue weighted by molar-refractivity contribution is -0.192. The fourth-order valence-electron chi connectivity index (χ4n) is 3.95. The zero-order chi connectivity index (χ0) is 20.9. The molecule has 1 spiro atoms. The van der Waals surface area contributed by atoms with Crippen molar-refractivity contribution in [1.29, 1.82) is 0 Å². The molecule has 2 aliphatic rings. The summed E-state index contributed by atoms with van der Waals surface area (Å²) < 4.78 is 37.2. The Kier molecular flexibility index (Phi) is 7.04. The molecule has 1 aliphatic carbocycles. The third-order valence-corrected chi connectivity index (χ3v) is 7.62. The molecule has 7 heteroatoms. The van der Waals surface area contributed by atoms with Crippen LogP contribution in [0.5, 0.6) is 0 Å². The fourth-order valence-corrected chi connectivity index (χ4v) is 5.54. The van der Waals surface area contributed by atoms with Gasteiger partial charge < -0.3 is 23.6 Å². The third kappa shape index (κ3) is 5.20. The minimum Gasteiger partial charge on any atom is -0.378 e. The maximum absolute atomic E-state index is 13.7. The summed E-state index contributed by atoms with van der Waals surface area (Å²) >= 11 is 0. The van der Waals surface area contributed by atoms with Crippen molar-refractivity contribution in [2.75, 3.05) is 6.61 Å². The number of aliphatic hydroxyl groups excluding tert-OH is 1. The van der Waals surface area contributed by atoms with Gasteiger partial charge in [0.2, 0.25) is 0 Å². The first-order chi connectivity index (χ1) is 14.6. The molecule has 162 valence electrons. The Hall–Kier alpha value is -1.53. The van der Waals surface area contributed by atoms with E-state index in [4.69, 9.17) is 18.5 Å². The normalized spacial score (nSPS) is 22.2. The van der Waals surface area contributed by atoms with Crippen LogP contribution in [-0.2, 0) is 36.3 Å². The predicted molar refractivity (Wildman–Crippen MR) is 113 cm³/mol. The van der Waals surface area contributed by atoms with Crippen molar-refractivity contribution < 1.29 is 28.2 Å². The maximum atomic E-state index is 13.7. The van der Waals surface area contributed by atoms with Gasteiger partial charge in [0.15, 0.2) is 11.6 Å². The van der Waals surface area contributed by atoms with Crippen molar-refractivity contribution in [2.24, 2.45) is 0 Å². The average Bonchev–Trinajstić information content (AvgIpc) is 3.20. The Bertz CT molecular complexity index is 790. The number of ether oxygens (including phenoxy) is 2. The molecule has 0 bridgehead atoms. The molecule has 0 amide bonds. The first-order valence-corrected chi connectivity index (χ1v) is 12.2. The summed E-state index contributed by atoms with van der Waals surface area (Å²) in [5.41, 5.74) is 1.70. The summed E-state index contributed by atoms with van der Waals surface area (Å²) in [6, 6.07) is 18.8. The highest BCUT2D eigenvalue weighted by molar-refractivity contribution is 7.54. The summed E-state index contributed by atoms with van der Waals surface area (Å²) in [7, 11) is -3.91. The predicted octanol–water partition coefficient (Wildman–Crippen LogP) is 5.01. The standard InChI is InChI=1S/C23H29O6P/c24-22(21-18-26-23(29-21)14-8-3-9-15-23)30(25,27-16-19-10-4-1-5-11-19)28-17-20-12-6-2-7-13-20/h1-2,4-7,10-13,21-22,24H,3,8-9,14-18H2/t21-,22+/m1/s1. The Morgan fingerprint density at radius 1 is 0.933 bits per heavy atom. The lowest BCUT2D eigenvalue weighted by Gasteiger charge is -2.33. The van der Waals surface area contributed by atoms with E-state index in [0.717, 1.165) is 43.2 Å². The van der Waals surface area contributed by atoms with Crippen LogP contribution in [0, 0.1) is 0 Å².